The molecular formula is C7H16O8S. The molecule has 9 heteroatoms. The highest BCUT2D eigenvalue weighted by Gasteiger charge is 2.38. The van der Waals surface area contributed by atoms with Gasteiger partial charge in [-0.2, -0.15) is 0 Å². The molecule has 0 aliphatic carbocycles. The van der Waals surface area contributed by atoms with Gasteiger partial charge < -0.3 is 30.6 Å². The van der Waals surface area contributed by atoms with E-state index in [-0.39, 0.29) is 0 Å². The van der Waals surface area contributed by atoms with Gasteiger partial charge in [-0.3, -0.25) is 0 Å². The van der Waals surface area contributed by atoms with Crippen molar-refractivity contribution in [3.63, 3.8) is 0 Å². The van der Waals surface area contributed by atoms with Gasteiger partial charge in [-0.15, -0.1) is 0 Å². The molecule has 0 bridgehead atoms. The van der Waals surface area contributed by atoms with Crippen LogP contribution in [0.4, 0.5) is 0 Å². The quantitative estimate of drug-likeness (QED) is 0.281. The van der Waals surface area contributed by atoms with E-state index in [9.17, 15) is 18.6 Å². The largest absolute Gasteiger partial charge is 0.394 e. The smallest absolute Gasteiger partial charge is 0.183 e. The third kappa shape index (κ3) is 3.94. The van der Waals surface area contributed by atoms with Gasteiger partial charge in [-0.1, -0.05) is 0 Å². The number of rotatable bonds is 6. The molecule has 0 aromatic carbocycles. The van der Waals surface area contributed by atoms with Crippen LogP contribution in [0.5, 0.6) is 0 Å². The molecule has 98 valence electrons. The lowest BCUT2D eigenvalue weighted by Gasteiger charge is -2.27. The molecule has 0 aromatic heterocycles. The maximum absolute atomic E-state index is 10.8. The van der Waals surface area contributed by atoms with Crippen LogP contribution >= 0.6 is 0 Å². The molecule has 0 aromatic rings. The summed E-state index contributed by atoms with van der Waals surface area (Å²) < 4.78 is 21.6. The highest BCUT2D eigenvalue weighted by atomic mass is 32.2. The zero-order chi connectivity index (χ0) is 13.1. The number of aliphatic hydroxyl groups is 6. The van der Waals surface area contributed by atoms with Crippen molar-refractivity contribution in [3.05, 3.63) is 0 Å². The summed E-state index contributed by atoms with van der Waals surface area (Å²) in [6.45, 7) is -0.889. The van der Waals surface area contributed by atoms with Crippen molar-refractivity contribution in [2.45, 2.75) is 29.9 Å². The number of aliphatic hydroxyl groups excluding tert-OH is 6. The van der Waals surface area contributed by atoms with Gasteiger partial charge in [-0.05, 0) is 0 Å². The Morgan fingerprint density at radius 1 is 0.938 bits per heavy atom. The lowest BCUT2D eigenvalue weighted by atomic mass is 10.0. The van der Waals surface area contributed by atoms with Crippen LogP contribution in [0.1, 0.15) is 0 Å². The van der Waals surface area contributed by atoms with Crippen LogP contribution in [-0.4, -0.2) is 81.8 Å². The first kappa shape index (κ1) is 15.7. The highest BCUT2D eigenvalue weighted by molar-refractivity contribution is 7.91. The van der Waals surface area contributed by atoms with E-state index in [2.05, 4.69) is 0 Å². The maximum atomic E-state index is 10.8. The molecule has 6 N–H and O–H groups in total. The summed E-state index contributed by atoms with van der Waals surface area (Å²) in [7, 11) is -4.02. The molecule has 5 atom stereocenters. The summed E-state index contributed by atoms with van der Waals surface area (Å²) in [5, 5.41) is 54.0. The van der Waals surface area contributed by atoms with Crippen LogP contribution in [0.3, 0.4) is 0 Å². The molecule has 1 unspecified atom stereocenters. The Morgan fingerprint density at radius 2 is 1.38 bits per heavy atom. The molecule has 0 radical (unpaired) electrons. The fourth-order valence-corrected chi connectivity index (χ4v) is 1.63. The molecule has 0 saturated heterocycles. The van der Waals surface area contributed by atoms with E-state index in [4.69, 9.17) is 20.4 Å². The summed E-state index contributed by atoms with van der Waals surface area (Å²) in [5.41, 5.74) is -2.29. The second-order valence-corrected chi connectivity index (χ2v) is 5.58. The predicted molar refractivity (Wildman–Crippen MR) is 52.0 cm³/mol. The third-order valence-corrected chi connectivity index (χ3v) is 3.17. The van der Waals surface area contributed by atoms with Gasteiger partial charge in [0.15, 0.2) is 15.3 Å². The Labute approximate surface area is 92.3 Å². The molecule has 0 rings (SSSR count). The third-order valence-electron chi connectivity index (χ3n) is 2.01. The van der Waals surface area contributed by atoms with Gasteiger partial charge in [0, 0.05) is 6.26 Å². The van der Waals surface area contributed by atoms with E-state index < -0.39 is 46.3 Å². The summed E-state index contributed by atoms with van der Waals surface area (Å²) >= 11 is 0. The van der Waals surface area contributed by atoms with Crippen LogP contribution in [0, 0.1) is 0 Å². The van der Waals surface area contributed by atoms with E-state index >= 15 is 0 Å². The van der Waals surface area contributed by atoms with Crippen molar-refractivity contribution in [2.75, 3.05) is 12.9 Å². The Kier molecular flexibility index (Phi) is 5.76. The molecular weight excluding hydrogens is 244 g/mol. The SMILES string of the molecule is CS(=O)(=O)C(O)[C@@H](O)[C@H](O)[C@@H](O)[C@H](O)CO. The van der Waals surface area contributed by atoms with Gasteiger partial charge in [0.05, 0.1) is 6.61 Å². The number of sulfone groups is 1. The van der Waals surface area contributed by atoms with Crippen LogP contribution in [0.25, 0.3) is 0 Å². The van der Waals surface area contributed by atoms with Gasteiger partial charge in [-0.25, -0.2) is 8.42 Å². The molecule has 8 nitrogen and oxygen atoms in total. The van der Waals surface area contributed by atoms with Gasteiger partial charge in [0.2, 0.25) is 0 Å². The lowest BCUT2D eigenvalue weighted by Crippen LogP contribution is -2.51. The van der Waals surface area contributed by atoms with E-state index in [1.165, 1.54) is 0 Å². The Morgan fingerprint density at radius 3 is 1.69 bits per heavy atom. The number of hydrogen-bond donors (Lipinski definition) is 6. The van der Waals surface area contributed by atoms with Gasteiger partial charge in [0.1, 0.15) is 24.4 Å². The first-order chi connectivity index (χ1) is 7.12. The van der Waals surface area contributed by atoms with Crippen molar-refractivity contribution in [3.8, 4) is 0 Å². The van der Waals surface area contributed by atoms with Crippen LogP contribution < -0.4 is 0 Å². The highest BCUT2D eigenvalue weighted by Crippen LogP contribution is 2.11. The molecule has 0 aliphatic heterocycles. The Bertz CT molecular complexity index is 302. The minimum absolute atomic E-state index is 0.627. The Balaban J connectivity index is 4.67. The zero-order valence-corrected chi connectivity index (χ0v) is 9.32. The lowest BCUT2D eigenvalue weighted by molar-refractivity contribution is -0.128. The normalized spacial score (nSPS) is 22.2. The zero-order valence-electron chi connectivity index (χ0n) is 8.50. The standard InChI is InChI=1S/C7H16O8S/c1-16(14,15)7(13)6(12)5(11)4(10)3(9)2-8/h3-13H,2H2,1H3/t3-,4+,5-,6+,7?/m1/s1. The minimum Gasteiger partial charge on any atom is -0.394 e. The van der Waals surface area contributed by atoms with Crippen LogP contribution in [0.15, 0.2) is 0 Å². The topological polar surface area (TPSA) is 156 Å². The van der Waals surface area contributed by atoms with Crippen molar-refractivity contribution >= 4 is 9.84 Å². The molecule has 0 spiro atoms. The molecule has 0 amide bonds. The molecule has 0 aliphatic rings. The van der Waals surface area contributed by atoms with E-state index in [0.717, 1.165) is 0 Å². The monoisotopic (exact) mass is 260 g/mol. The average Bonchev–Trinajstić information content (AvgIpc) is 2.22. The first-order valence-electron chi connectivity index (χ1n) is 4.33. The summed E-state index contributed by atoms with van der Waals surface area (Å²) in [4.78, 5) is 0. The summed E-state index contributed by atoms with van der Waals surface area (Å²) in [6.07, 6.45) is -7.39. The summed E-state index contributed by atoms with van der Waals surface area (Å²) in [5.74, 6) is 0. The first-order valence-corrected chi connectivity index (χ1v) is 6.28. The van der Waals surface area contributed by atoms with Gasteiger partial charge >= 0.3 is 0 Å². The van der Waals surface area contributed by atoms with Crippen molar-refractivity contribution < 1.29 is 39.1 Å². The fraction of sp³-hybridized carbons (Fsp3) is 1.00. The minimum atomic E-state index is -4.02. The predicted octanol–water partition coefficient (Wildman–Crippen LogP) is -4.21. The van der Waals surface area contributed by atoms with Crippen molar-refractivity contribution in [1.82, 2.24) is 0 Å². The van der Waals surface area contributed by atoms with Crippen molar-refractivity contribution in [1.29, 1.82) is 0 Å². The summed E-state index contributed by atoms with van der Waals surface area (Å²) in [6, 6.07) is 0. The van der Waals surface area contributed by atoms with Gasteiger partial charge in [0.25, 0.3) is 0 Å². The molecule has 16 heavy (non-hydrogen) atoms. The molecule has 0 fully saturated rings. The fourth-order valence-electron chi connectivity index (χ4n) is 0.960. The van der Waals surface area contributed by atoms with E-state index in [0.29, 0.717) is 6.26 Å². The average molecular weight is 260 g/mol. The number of hydrogen-bond acceptors (Lipinski definition) is 8. The van der Waals surface area contributed by atoms with Crippen LogP contribution in [-0.2, 0) is 9.84 Å². The second kappa shape index (κ2) is 5.87. The van der Waals surface area contributed by atoms with E-state index in [1.807, 2.05) is 0 Å². The molecule has 0 heterocycles. The van der Waals surface area contributed by atoms with Crippen molar-refractivity contribution in [2.24, 2.45) is 0 Å². The second-order valence-electron chi connectivity index (χ2n) is 3.44. The van der Waals surface area contributed by atoms with E-state index in [1.54, 1.807) is 0 Å². The van der Waals surface area contributed by atoms with Crippen LogP contribution in [0.2, 0.25) is 0 Å². The maximum Gasteiger partial charge on any atom is 0.183 e. The Hall–Kier alpha value is -0.290. The molecule has 0 saturated carbocycles.